The van der Waals surface area contributed by atoms with Crippen LogP contribution in [0.2, 0.25) is 5.02 Å². The van der Waals surface area contributed by atoms with Gasteiger partial charge in [-0.15, -0.1) is 0 Å². The second-order valence-corrected chi connectivity index (χ2v) is 11.9. The maximum absolute atomic E-state index is 13.4. The zero-order chi connectivity index (χ0) is 28.4. The second kappa shape index (κ2) is 12.1. The van der Waals surface area contributed by atoms with E-state index in [-0.39, 0.29) is 5.75 Å². The van der Waals surface area contributed by atoms with Gasteiger partial charge in [0.15, 0.2) is 5.75 Å². The Morgan fingerprint density at radius 3 is 2.38 bits per heavy atom. The van der Waals surface area contributed by atoms with Gasteiger partial charge in [0.05, 0.1) is 26.8 Å². The number of hydrogen-bond donors (Lipinski definition) is 2. The summed E-state index contributed by atoms with van der Waals surface area (Å²) in [6.07, 6.45) is 1.42. The van der Waals surface area contributed by atoms with E-state index < -0.39 is 11.9 Å². The van der Waals surface area contributed by atoms with Crippen molar-refractivity contribution in [2.24, 2.45) is 5.10 Å². The summed E-state index contributed by atoms with van der Waals surface area (Å²) in [7, 11) is 0. The molecule has 0 spiro atoms. The summed E-state index contributed by atoms with van der Waals surface area (Å²) < 4.78 is 7.76. The zero-order valence-electron chi connectivity index (χ0n) is 20.8. The molecule has 40 heavy (non-hydrogen) atoms. The summed E-state index contributed by atoms with van der Waals surface area (Å²) in [5.41, 5.74) is 6.98. The molecular weight excluding hydrogens is 726 g/mol. The number of hydrazone groups is 1. The van der Waals surface area contributed by atoms with Crippen molar-refractivity contribution in [3.63, 3.8) is 0 Å². The number of H-pyrrole nitrogens is 1. The van der Waals surface area contributed by atoms with Crippen molar-refractivity contribution in [2.45, 2.75) is 6.92 Å². The number of aromatic amines is 1. The molecule has 0 aliphatic heterocycles. The Labute approximate surface area is 260 Å². The molecule has 0 aliphatic carbocycles. The van der Waals surface area contributed by atoms with Crippen LogP contribution < -0.4 is 10.2 Å². The minimum atomic E-state index is -0.518. The molecule has 0 bridgehead atoms. The molecule has 0 unspecified atom stereocenters. The highest BCUT2D eigenvalue weighted by Gasteiger charge is 2.21. The lowest BCUT2D eigenvalue weighted by molar-refractivity contribution is 0.0733. The van der Waals surface area contributed by atoms with Gasteiger partial charge in [0.2, 0.25) is 0 Å². The van der Waals surface area contributed by atoms with Gasteiger partial charge in [-0.1, -0.05) is 91.5 Å². The van der Waals surface area contributed by atoms with Crippen LogP contribution in [0, 0.1) is 6.92 Å². The fourth-order valence-electron chi connectivity index (χ4n) is 4.14. The summed E-state index contributed by atoms with van der Waals surface area (Å²) in [5, 5.41) is 5.45. The van der Waals surface area contributed by atoms with Gasteiger partial charge in [0.1, 0.15) is 5.69 Å². The van der Waals surface area contributed by atoms with Crippen molar-refractivity contribution < 1.29 is 14.3 Å². The molecule has 6 nitrogen and oxygen atoms in total. The third-order valence-corrected chi connectivity index (χ3v) is 7.81. The van der Waals surface area contributed by atoms with Crippen LogP contribution in [0.15, 0.2) is 97.4 Å². The van der Waals surface area contributed by atoms with Crippen molar-refractivity contribution >= 4 is 88.4 Å². The number of nitrogens with zero attached hydrogens (tertiary/aromatic N) is 1. The van der Waals surface area contributed by atoms with Crippen molar-refractivity contribution in [3.05, 3.63) is 120 Å². The highest BCUT2D eigenvalue weighted by molar-refractivity contribution is 9.11. The van der Waals surface area contributed by atoms with Crippen LogP contribution in [0.1, 0.15) is 32.0 Å². The summed E-state index contributed by atoms with van der Waals surface area (Å²) in [6, 6.07) is 23.8. The van der Waals surface area contributed by atoms with Crippen LogP contribution in [-0.2, 0) is 0 Å². The van der Waals surface area contributed by atoms with Gasteiger partial charge in [-0.3, -0.25) is 4.79 Å². The Morgan fingerprint density at radius 1 is 0.950 bits per heavy atom. The monoisotopic (exact) mass is 741 g/mol. The number of carbonyl (C=O) groups is 2. The molecule has 1 amide bonds. The van der Waals surface area contributed by atoms with Crippen LogP contribution in [0.4, 0.5) is 0 Å². The van der Waals surface area contributed by atoms with E-state index in [0.29, 0.717) is 37.4 Å². The molecule has 1 heterocycles. The number of amides is 1. The van der Waals surface area contributed by atoms with E-state index in [1.807, 2.05) is 55.5 Å². The van der Waals surface area contributed by atoms with E-state index in [4.69, 9.17) is 16.3 Å². The van der Waals surface area contributed by atoms with E-state index in [0.717, 1.165) is 25.5 Å². The average Bonchev–Trinajstić information content (AvgIpc) is 3.31. The van der Waals surface area contributed by atoms with Gasteiger partial charge in [-0.05, 0) is 64.8 Å². The van der Waals surface area contributed by atoms with Gasteiger partial charge < -0.3 is 9.72 Å². The number of halogens is 4. The van der Waals surface area contributed by atoms with E-state index in [2.05, 4.69) is 63.3 Å². The Morgan fingerprint density at radius 2 is 1.65 bits per heavy atom. The molecule has 0 saturated carbocycles. The second-order valence-electron chi connectivity index (χ2n) is 8.81. The number of hydrogen-bond acceptors (Lipinski definition) is 4. The topological polar surface area (TPSA) is 83.5 Å². The first kappa shape index (κ1) is 28.3. The quantitative estimate of drug-likeness (QED) is 0.0788. The predicted molar refractivity (Wildman–Crippen MR) is 169 cm³/mol. The van der Waals surface area contributed by atoms with E-state index >= 15 is 0 Å². The standard InChI is InChI=1S/C30H19Br3ClN3O3/c1-16-7-9-18(10-8-16)30(39)40-28-19(11-20(31)13-23(28)33)15-35-37-29(38)27-25(17-5-3-2-4-6-17)22-12-21(32)14-24(34)26(22)36-27/h2-15,36H,1H3,(H,37,38). The van der Waals surface area contributed by atoms with Crippen molar-refractivity contribution in [1.29, 1.82) is 0 Å². The summed E-state index contributed by atoms with van der Waals surface area (Å²) in [6.45, 7) is 1.94. The summed E-state index contributed by atoms with van der Waals surface area (Å²) in [5.74, 6) is -0.722. The number of rotatable bonds is 6. The molecule has 0 fully saturated rings. The number of nitrogens with one attached hydrogen (secondary N) is 2. The lowest BCUT2D eigenvalue weighted by atomic mass is 10.0. The fraction of sp³-hybridized carbons (Fsp3) is 0.0333. The lowest BCUT2D eigenvalue weighted by Crippen LogP contribution is -2.19. The molecule has 0 radical (unpaired) electrons. The maximum atomic E-state index is 13.4. The number of fused-ring (bicyclic) bond motifs is 1. The molecule has 0 aliphatic rings. The average molecular weight is 745 g/mol. The van der Waals surface area contributed by atoms with Crippen molar-refractivity contribution in [1.82, 2.24) is 10.4 Å². The molecule has 4 aromatic carbocycles. The minimum absolute atomic E-state index is 0.263. The van der Waals surface area contributed by atoms with Crippen molar-refractivity contribution in [3.8, 4) is 16.9 Å². The van der Waals surface area contributed by atoms with E-state index in [1.54, 1.807) is 30.3 Å². The first-order chi connectivity index (χ1) is 19.2. The minimum Gasteiger partial charge on any atom is -0.421 e. The Balaban J connectivity index is 1.46. The number of benzene rings is 4. The Kier molecular flexibility index (Phi) is 8.56. The first-order valence-corrected chi connectivity index (χ1v) is 14.6. The smallest absolute Gasteiger partial charge is 0.343 e. The summed E-state index contributed by atoms with van der Waals surface area (Å²) >= 11 is 16.9. The number of aryl methyl sites for hydroxylation is 1. The van der Waals surface area contributed by atoms with Crippen LogP contribution in [0.3, 0.4) is 0 Å². The van der Waals surface area contributed by atoms with E-state index in [1.165, 1.54) is 6.21 Å². The Bertz CT molecular complexity index is 1790. The maximum Gasteiger partial charge on any atom is 0.343 e. The zero-order valence-corrected chi connectivity index (χ0v) is 26.3. The molecule has 200 valence electrons. The van der Waals surface area contributed by atoms with Crippen LogP contribution in [0.5, 0.6) is 5.75 Å². The first-order valence-electron chi connectivity index (χ1n) is 11.9. The largest absolute Gasteiger partial charge is 0.421 e. The highest BCUT2D eigenvalue weighted by atomic mass is 79.9. The van der Waals surface area contributed by atoms with Crippen LogP contribution in [-0.4, -0.2) is 23.1 Å². The number of aromatic nitrogens is 1. The van der Waals surface area contributed by atoms with Crippen LogP contribution >= 0.6 is 59.4 Å². The molecule has 0 atom stereocenters. The SMILES string of the molecule is Cc1ccc(C(=O)Oc2c(Br)cc(Br)cc2C=NNC(=O)c2[nH]c3c(Cl)cc(Br)cc3c2-c2ccccc2)cc1. The molecular formula is C30H19Br3ClN3O3. The number of esters is 1. The molecule has 0 saturated heterocycles. The Hall–Kier alpha value is -3.24. The highest BCUT2D eigenvalue weighted by Crippen LogP contribution is 2.38. The molecule has 5 aromatic rings. The van der Waals surface area contributed by atoms with Gasteiger partial charge in [0, 0.05) is 25.5 Å². The molecule has 2 N–H and O–H groups in total. The predicted octanol–water partition coefficient (Wildman–Crippen LogP) is 9.07. The third kappa shape index (κ3) is 6.07. The lowest BCUT2D eigenvalue weighted by Gasteiger charge is -2.11. The van der Waals surface area contributed by atoms with Gasteiger partial charge in [-0.2, -0.15) is 5.10 Å². The van der Waals surface area contributed by atoms with Gasteiger partial charge >= 0.3 is 5.97 Å². The van der Waals surface area contributed by atoms with E-state index in [9.17, 15) is 9.59 Å². The van der Waals surface area contributed by atoms with Gasteiger partial charge in [0.25, 0.3) is 5.91 Å². The summed E-state index contributed by atoms with van der Waals surface area (Å²) in [4.78, 5) is 29.4. The molecule has 10 heteroatoms. The van der Waals surface area contributed by atoms with Gasteiger partial charge in [-0.25, -0.2) is 10.2 Å². The van der Waals surface area contributed by atoms with Crippen LogP contribution in [0.25, 0.3) is 22.0 Å². The fourth-order valence-corrected chi connectivity index (χ4v) is 6.33. The normalized spacial score (nSPS) is 11.2. The molecule has 5 rings (SSSR count). The number of carbonyl (C=O) groups excluding carboxylic acids is 2. The molecule has 1 aromatic heterocycles. The third-order valence-electron chi connectivity index (χ3n) is 6.00. The van der Waals surface area contributed by atoms with Crippen molar-refractivity contribution in [2.75, 3.05) is 0 Å². The number of ether oxygens (including phenoxy) is 1.